The molecule has 0 aromatic carbocycles. The Morgan fingerprint density at radius 3 is 2.60 bits per heavy atom. The van der Waals surface area contributed by atoms with Gasteiger partial charge in [-0.15, -0.1) is 11.8 Å². The molecule has 2 N–H and O–H groups in total. The van der Waals surface area contributed by atoms with Crippen LogP contribution in [0, 0.1) is 52.3 Å². The molecule has 4 aliphatic carbocycles. The second-order valence-corrected chi connectivity index (χ2v) is 13.3. The maximum atomic E-state index is 13.4. The van der Waals surface area contributed by atoms with Crippen LogP contribution < -0.4 is 0 Å². The molecule has 1 aromatic rings. The van der Waals surface area contributed by atoms with Crippen LogP contribution >= 0.6 is 11.8 Å². The van der Waals surface area contributed by atoms with Crippen LogP contribution in [0.2, 0.25) is 0 Å². The lowest BCUT2D eigenvalue weighted by Crippen LogP contribution is -2.56. The van der Waals surface area contributed by atoms with Gasteiger partial charge in [-0.1, -0.05) is 25.7 Å². The number of carbonyl (C=O) groups excluding carboxylic acids is 1. The van der Waals surface area contributed by atoms with Crippen LogP contribution in [0.15, 0.2) is 29.4 Å². The maximum absolute atomic E-state index is 13.4. The van der Waals surface area contributed by atoms with E-state index in [1.165, 1.54) is 25.7 Å². The van der Waals surface area contributed by atoms with E-state index in [0.29, 0.717) is 41.6 Å². The molecule has 5 rings (SSSR count). The second kappa shape index (κ2) is 9.84. The number of rotatable bonds is 5. The van der Waals surface area contributed by atoms with Crippen molar-refractivity contribution in [2.45, 2.75) is 88.6 Å². The van der Waals surface area contributed by atoms with E-state index >= 15 is 0 Å². The van der Waals surface area contributed by atoms with Crippen molar-refractivity contribution in [2.75, 3.05) is 12.4 Å². The number of carbonyl (C=O) groups is 1. The largest absolute Gasteiger partial charge is 0.395 e. The van der Waals surface area contributed by atoms with E-state index in [9.17, 15) is 9.90 Å². The minimum atomic E-state index is -0.882. The Bertz CT molecular complexity index is 988. The average molecular weight is 496 g/mol. The van der Waals surface area contributed by atoms with E-state index in [-0.39, 0.29) is 23.4 Å². The number of ketones is 1. The van der Waals surface area contributed by atoms with Crippen molar-refractivity contribution in [1.29, 1.82) is 0 Å². The Morgan fingerprint density at radius 1 is 1.06 bits per heavy atom. The summed E-state index contributed by atoms with van der Waals surface area (Å²) in [7, 11) is 0. The number of hydrogen-bond donors (Lipinski definition) is 2. The number of fused-ring (bicyclic) bond motifs is 5. The van der Waals surface area contributed by atoms with Crippen LogP contribution in [0.25, 0.3) is 0 Å². The van der Waals surface area contributed by atoms with Crippen molar-refractivity contribution in [1.82, 2.24) is 4.98 Å². The lowest BCUT2D eigenvalue weighted by molar-refractivity contribution is -0.144. The van der Waals surface area contributed by atoms with E-state index in [0.717, 1.165) is 37.0 Å². The molecule has 4 aliphatic rings. The molecule has 4 saturated carbocycles. The van der Waals surface area contributed by atoms with Crippen LogP contribution in [0.4, 0.5) is 0 Å². The molecule has 4 nitrogen and oxygen atoms in total. The van der Waals surface area contributed by atoms with Crippen LogP contribution in [-0.2, 0) is 4.79 Å². The topological polar surface area (TPSA) is 70.4 Å². The summed E-state index contributed by atoms with van der Waals surface area (Å²) in [6, 6.07) is 3.98. The lowest BCUT2D eigenvalue weighted by Gasteiger charge is -2.61. The minimum Gasteiger partial charge on any atom is -0.395 e. The van der Waals surface area contributed by atoms with Gasteiger partial charge in [-0.2, -0.15) is 0 Å². The number of aliphatic hydroxyl groups excluding tert-OH is 1. The van der Waals surface area contributed by atoms with Gasteiger partial charge in [0, 0.05) is 29.6 Å². The molecular formula is C30H41NO3S. The molecule has 35 heavy (non-hydrogen) atoms. The Balaban J connectivity index is 1.27. The molecule has 5 heteroatoms. The number of pyridine rings is 1. The summed E-state index contributed by atoms with van der Waals surface area (Å²) in [6.45, 7) is 4.99. The van der Waals surface area contributed by atoms with E-state index < -0.39 is 5.60 Å². The third-order valence-electron chi connectivity index (χ3n) is 10.7. The van der Waals surface area contributed by atoms with Gasteiger partial charge in [0.1, 0.15) is 11.4 Å². The first kappa shape index (κ1) is 25.3. The highest BCUT2D eigenvalue weighted by Gasteiger charge is 2.61. The Hall–Kier alpha value is -1.35. The molecule has 0 spiro atoms. The number of nitrogens with zero attached hydrogens (tertiary/aromatic N) is 1. The monoisotopic (exact) mass is 495 g/mol. The zero-order chi connectivity index (χ0) is 24.7. The second-order valence-electron chi connectivity index (χ2n) is 12.3. The van der Waals surface area contributed by atoms with Crippen molar-refractivity contribution >= 4 is 17.5 Å². The highest BCUT2D eigenvalue weighted by atomic mass is 32.2. The molecule has 0 saturated heterocycles. The Kier molecular flexibility index (Phi) is 7.12. The molecule has 0 radical (unpaired) electrons. The highest BCUT2D eigenvalue weighted by Crippen LogP contribution is 2.68. The van der Waals surface area contributed by atoms with Gasteiger partial charge >= 0.3 is 0 Å². The summed E-state index contributed by atoms with van der Waals surface area (Å²) >= 11 is 1.66. The van der Waals surface area contributed by atoms with Gasteiger partial charge in [0.15, 0.2) is 0 Å². The number of Topliss-reactive ketones (excluding diaryl/α,β-unsaturated/α-hetero) is 1. The van der Waals surface area contributed by atoms with Crippen molar-refractivity contribution in [2.24, 2.45) is 40.4 Å². The maximum Gasteiger partial charge on any atom is 0.146 e. The van der Waals surface area contributed by atoms with Crippen molar-refractivity contribution in [3.05, 3.63) is 24.5 Å². The molecule has 0 unspecified atom stereocenters. The van der Waals surface area contributed by atoms with Gasteiger partial charge in [-0.3, -0.25) is 9.78 Å². The van der Waals surface area contributed by atoms with Crippen molar-refractivity contribution in [3.8, 4) is 11.8 Å². The van der Waals surface area contributed by atoms with Gasteiger partial charge in [0.05, 0.1) is 12.4 Å². The first-order valence-corrected chi connectivity index (χ1v) is 14.7. The first-order valence-electron chi connectivity index (χ1n) is 13.7. The number of thioether (sulfide) groups is 1. The van der Waals surface area contributed by atoms with E-state index in [2.05, 4.69) is 30.7 Å². The third kappa shape index (κ3) is 4.60. The zero-order valence-electron chi connectivity index (χ0n) is 21.3. The fourth-order valence-corrected chi connectivity index (χ4v) is 9.68. The predicted octanol–water partition coefficient (Wildman–Crippen LogP) is 5.52. The first-order chi connectivity index (χ1) is 16.8. The molecule has 190 valence electrons. The van der Waals surface area contributed by atoms with Crippen LogP contribution in [0.5, 0.6) is 0 Å². The SMILES string of the molecule is C[C@]12CC[C@](O)(C#CCCO)C[C@H]1CC[C@@H]1[C@@H]2CC[C@]2(C)[C@@H](C(=O)CSc3ccncc3)CC[C@@H]12. The van der Waals surface area contributed by atoms with Gasteiger partial charge < -0.3 is 10.2 Å². The summed E-state index contributed by atoms with van der Waals surface area (Å²) in [5, 5.41) is 20.2. The smallest absolute Gasteiger partial charge is 0.146 e. The van der Waals surface area contributed by atoms with Crippen LogP contribution in [-0.4, -0.2) is 38.9 Å². The Morgan fingerprint density at radius 2 is 1.83 bits per heavy atom. The zero-order valence-corrected chi connectivity index (χ0v) is 22.2. The molecule has 0 bridgehead atoms. The summed E-state index contributed by atoms with van der Waals surface area (Å²) in [5.74, 6) is 9.91. The number of aromatic nitrogens is 1. The number of hydrogen-bond acceptors (Lipinski definition) is 5. The third-order valence-corrected chi connectivity index (χ3v) is 11.7. The Labute approximate surface area is 215 Å². The van der Waals surface area contributed by atoms with Gasteiger partial charge in [-0.25, -0.2) is 0 Å². The molecule has 1 heterocycles. The molecule has 4 fully saturated rings. The highest BCUT2D eigenvalue weighted by molar-refractivity contribution is 8.00. The molecule has 8 atom stereocenters. The van der Waals surface area contributed by atoms with Gasteiger partial charge in [-0.05, 0) is 104 Å². The van der Waals surface area contributed by atoms with E-state index in [1.54, 1.807) is 24.2 Å². The van der Waals surface area contributed by atoms with Crippen molar-refractivity contribution < 1.29 is 15.0 Å². The lowest BCUT2D eigenvalue weighted by atomic mass is 9.44. The summed E-state index contributed by atoms with van der Waals surface area (Å²) in [6.07, 6.45) is 13.6. The number of aliphatic hydroxyl groups is 2. The fourth-order valence-electron chi connectivity index (χ4n) is 8.86. The standard InChI is InChI=1S/C30H41NO3S/c1-28-14-15-30(34,12-3-4-18-32)19-21(28)5-6-23-24-7-8-26(29(24,2)13-9-25(23)28)27(33)20-35-22-10-16-31-17-11-22/h10-11,16-17,21,23-26,32,34H,4-9,13-15,18-20H2,1-2H3/t21-,23+,24+,25+,26-,28+,29+,30-/m1/s1. The van der Waals surface area contributed by atoms with Crippen LogP contribution in [0.3, 0.4) is 0 Å². The summed E-state index contributed by atoms with van der Waals surface area (Å²) in [4.78, 5) is 18.6. The summed E-state index contributed by atoms with van der Waals surface area (Å²) in [5.41, 5.74) is -0.466. The average Bonchev–Trinajstić information content (AvgIpc) is 3.21. The van der Waals surface area contributed by atoms with Gasteiger partial charge in [0.25, 0.3) is 0 Å². The predicted molar refractivity (Wildman–Crippen MR) is 140 cm³/mol. The molecule has 0 amide bonds. The fraction of sp³-hybridized carbons (Fsp3) is 0.733. The van der Waals surface area contributed by atoms with Gasteiger partial charge in [0.2, 0.25) is 0 Å². The molecule has 0 aliphatic heterocycles. The quantitative estimate of drug-likeness (QED) is 0.416. The van der Waals surface area contributed by atoms with Crippen molar-refractivity contribution in [3.63, 3.8) is 0 Å². The van der Waals surface area contributed by atoms with E-state index in [4.69, 9.17) is 5.11 Å². The molecule has 1 aromatic heterocycles. The van der Waals surface area contributed by atoms with Crippen LogP contribution in [0.1, 0.15) is 78.1 Å². The minimum absolute atomic E-state index is 0.0556. The molecular weight excluding hydrogens is 454 g/mol. The normalized spacial score (nSPS) is 42.2. The summed E-state index contributed by atoms with van der Waals surface area (Å²) < 4.78 is 0. The van der Waals surface area contributed by atoms with E-state index in [1.807, 2.05) is 12.1 Å².